The van der Waals surface area contributed by atoms with Crippen molar-refractivity contribution in [2.45, 2.75) is 78.4 Å². The Morgan fingerprint density at radius 3 is 2.13 bits per heavy atom. The maximum atomic E-state index is 3.74. The summed E-state index contributed by atoms with van der Waals surface area (Å²) < 4.78 is 0. The van der Waals surface area contributed by atoms with Crippen LogP contribution in [0.5, 0.6) is 0 Å². The molecule has 1 heterocycles. The summed E-state index contributed by atoms with van der Waals surface area (Å²) >= 11 is 0. The fourth-order valence-corrected chi connectivity index (χ4v) is 2.58. The summed E-state index contributed by atoms with van der Waals surface area (Å²) in [5.41, 5.74) is 3.74. The van der Waals surface area contributed by atoms with Crippen molar-refractivity contribution < 1.29 is 0 Å². The number of piperidine rings is 1. The smallest absolute Gasteiger partial charge is 0.0235 e. The molecular formula is C13H28N2. The van der Waals surface area contributed by atoms with Gasteiger partial charge in [0.1, 0.15) is 0 Å². The van der Waals surface area contributed by atoms with E-state index in [0.29, 0.717) is 18.1 Å². The van der Waals surface area contributed by atoms with Crippen LogP contribution in [0.4, 0.5) is 0 Å². The zero-order valence-electron chi connectivity index (χ0n) is 11.1. The lowest BCUT2D eigenvalue weighted by Crippen LogP contribution is -2.56. The number of hydrogen-bond donors (Lipinski definition) is 1. The largest absolute Gasteiger partial charge is 0.251 e. The van der Waals surface area contributed by atoms with Crippen molar-refractivity contribution in [2.75, 3.05) is 0 Å². The summed E-state index contributed by atoms with van der Waals surface area (Å²) in [5.74, 6) is 0.719. The number of nitrogens with zero attached hydrogens (tertiary/aromatic N) is 1. The predicted octanol–water partition coefficient (Wildman–Crippen LogP) is 3.19. The molecule has 90 valence electrons. The fraction of sp³-hybridized carbons (Fsp3) is 1.00. The minimum Gasteiger partial charge on any atom is -0.251 e. The first-order chi connectivity index (χ1) is 7.06. The van der Waals surface area contributed by atoms with Gasteiger partial charge in [-0.25, -0.2) is 5.01 Å². The van der Waals surface area contributed by atoms with E-state index in [1.54, 1.807) is 0 Å². The van der Waals surface area contributed by atoms with Crippen molar-refractivity contribution in [1.82, 2.24) is 10.4 Å². The van der Waals surface area contributed by atoms with E-state index < -0.39 is 0 Å². The van der Waals surface area contributed by atoms with Crippen LogP contribution in [0.1, 0.15) is 60.3 Å². The Kier molecular flexibility index (Phi) is 5.07. The van der Waals surface area contributed by atoms with Crippen LogP contribution in [0, 0.1) is 5.92 Å². The molecule has 0 aromatic heterocycles. The minimum absolute atomic E-state index is 0.632. The van der Waals surface area contributed by atoms with E-state index >= 15 is 0 Å². The molecule has 0 spiro atoms. The molecule has 3 atom stereocenters. The van der Waals surface area contributed by atoms with Crippen LogP contribution in [-0.2, 0) is 0 Å². The van der Waals surface area contributed by atoms with Gasteiger partial charge < -0.3 is 0 Å². The van der Waals surface area contributed by atoms with E-state index in [1.165, 1.54) is 25.7 Å². The molecule has 2 heteroatoms. The molecule has 0 saturated carbocycles. The van der Waals surface area contributed by atoms with Crippen molar-refractivity contribution in [3.05, 3.63) is 0 Å². The molecule has 1 fully saturated rings. The average Bonchev–Trinajstić information content (AvgIpc) is 2.17. The summed E-state index contributed by atoms with van der Waals surface area (Å²) in [5, 5.41) is 2.50. The van der Waals surface area contributed by atoms with E-state index in [9.17, 15) is 0 Å². The van der Waals surface area contributed by atoms with Gasteiger partial charge in [0.05, 0.1) is 0 Å². The van der Waals surface area contributed by atoms with Gasteiger partial charge in [-0.2, -0.15) is 0 Å². The molecule has 0 aliphatic carbocycles. The Hall–Kier alpha value is -0.0800. The number of hydrazine groups is 1. The molecule has 0 aromatic carbocycles. The van der Waals surface area contributed by atoms with Crippen molar-refractivity contribution in [1.29, 1.82) is 0 Å². The number of rotatable bonds is 4. The van der Waals surface area contributed by atoms with Gasteiger partial charge in [-0.05, 0) is 39.0 Å². The second-order valence-electron chi connectivity index (χ2n) is 5.42. The number of nitrogens with one attached hydrogen (secondary N) is 1. The fourth-order valence-electron chi connectivity index (χ4n) is 2.58. The van der Waals surface area contributed by atoms with Crippen LogP contribution in [0.15, 0.2) is 0 Å². The molecule has 2 nitrogen and oxygen atoms in total. The molecule has 1 saturated heterocycles. The van der Waals surface area contributed by atoms with Crippen molar-refractivity contribution >= 4 is 0 Å². The Balaban J connectivity index is 2.53. The summed E-state index contributed by atoms with van der Waals surface area (Å²) in [4.78, 5) is 0. The van der Waals surface area contributed by atoms with Crippen LogP contribution in [0.2, 0.25) is 0 Å². The maximum Gasteiger partial charge on any atom is 0.0235 e. The highest BCUT2D eigenvalue weighted by Crippen LogP contribution is 2.21. The van der Waals surface area contributed by atoms with Gasteiger partial charge in [0.15, 0.2) is 0 Å². The third-order valence-corrected chi connectivity index (χ3v) is 3.75. The van der Waals surface area contributed by atoms with E-state index in [-0.39, 0.29) is 0 Å². The molecule has 1 N–H and O–H groups in total. The highest BCUT2D eigenvalue weighted by Gasteiger charge is 2.26. The zero-order valence-corrected chi connectivity index (χ0v) is 11.1. The predicted molar refractivity (Wildman–Crippen MR) is 66.7 cm³/mol. The Bertz CT molecular complexity index is 169. The van der Waals surface area contributed by atoms with Crippen molar-refractivity contribution in [3.8, 4) is 0 Å². The van der Waals surface area contributed by atoms with Crippen molar-refractivity contribution in [3.63, 3.8) is 0 Å². The van der Waals surface area contributed by atoms with Gasteiger partial charge in [-0.15, -0.1) is 0 Å². The minimum atomic E-state index is 0.632. The topological polar surface area (TPSA) is 15.3 Å². The Morgan fingerprint density at radius 1 is 1.20 bits per heavy atom. The maximum absolute atomic E-state index is 3.74. The van der Waals surface area contributed by atoms with E-state index in [0.717, 1.165) is 5.92 Å². The summed E-state index contributed by atoms with van der Waals surface area (Å²) in [6, 6.07) is 2.02. The number of hydrogen-bond acceptors (Lipinski definition) is 2. The SMILES string of the molecule is CCC(NN1C(C)CCCC1C)C(C)C. The van der Waals surface area contributed by atoms with E-state index in [2.05, 4.69) is 45.1 Å². The molecule has 0 amide bonds. The van der Waals surface area contributed by atoms with Gasteiger partial charge in [-0.3, -0.25) is 5.43 Å². The standard InChI is InChI=1S/C13H28N2/c1-6-13(10(2)3)14-15-11(4)8-7-9-12(15)5/h10-14H,6-9H2,1-5H3. The van der Waals surface area contributed by atoms with Crippen LogP contribution in [0.25, 0.3) is 0 Å². The molecule has 15 heavy (non-hydrogen) atoms. The average molecular weight is 212 g/mol. The monoisotopic (exact) mass is 212 g/mol. The second kappa shape index (κ2) is 5.86. The lowest BCUT2D eigenvalue weighted by atomic mass is 9.98. The van der Waals surface area contributed by atoms with Crippen molar-refractivity contribution in [2.24, 2.45) is 5.92 Å². The van der Waals surface area contributed by atoms with Crippen LogP contribution in [-0.4, -0.2) is 23.1 Å². The Labute approximate surface area is 95.4 Å². The van der Waals surface area contributed by atoms with Gasteiger partial charge >= 0.3 is 0 Å². The van der Waals surface area contributed by atoms with E-state index in [4.69, 9.17) is 0 Å². The lowest BCUT2D eigenvalue weighted by molar-refractivity contribution is 0.0205. The third-order valence-electron chi connectivity index (χ3n) is 3.75. The normalized spacial score (nSPS) is 30.8. The van der Waals surface area contributed by atoms with Gasteiger partial charge in [0.2, 0.25) is 0 Å². The molecule has 1 aliphatic heterocycles. The molecule has 0 aromatic rings. The third kappa shape index (κ3) is 3.46. The zero-order chi connectivity index (χ0) is 11.4. The van der Waals surface area contributed by atoms with Gasteiger partial charge in [-0.1, -0.05) is 27.2 Å². The lowest BCUT2D eigenvalue weighted by Gasteiger charge is -2.42. The summed E-state index contributed by atoms with van der Waals surface area (Å²) in [7, 11) is 0. The summed E-state index contributed by atoms with van der Waals surface area (Å²) in [6.45, 7) is 11.6. The first-order valence-electron chi connectivity index (χ1n) is 6.60. The van der Waals surface area contributed by atoms with Gasteiger partial charge in [0.25, 0.3) is 0 Å². The van der Waals surface area contributed by atoms with E-state index in [1.807, 2.05) is 0 Å². The molecular weight excluding hydrogens is 184 g/mol. The Morgan fingerprint density at radius 2 is 1.73 bits per heavy atom. The van der Waals surface area contributed by atoms with Crippen LogP contribution < -0.4 is 5.43 Å². The summed E-state index contributed by atoms with van der Waals surface area (Å²) in [6.07, 6.45) is 5.28. The molecule has 0 bridgehead atoms. The van der Waals surface area contributed by atoms with Crippen LogP contribution in [0.3, 0.4) is 0 Å². The molecule has 3 unspecified atom stereocenters. The molecule has 1 aliphatic rings. The highest BCUT2D eigenvalue weighted by atomic mass is 15.5. The highest BCUT2D eigenvalue weighted by molar-refractivity contribution is 4.79. The first kappa shape index (κ1) is 13.0. The second-order valence-corrected chi connectivity index (χ2v) is 5.42. The van der Waals surface area contributed by atoms with Crippen LogP contribution >= 0.6 is 0 Å². The molecule has 1 rings (SSSR count). The quantitative estimate of drug-likeness (QED) is 0.770. The molecule has 0 radical (unpaired) electrons. The van der Waals surface area contributed by atoms with Gasteiger partial charge in [0, 0.05) is 18.1 Å². The first-order valence-corrected chi connectivity index (χ1v) is 6.60.